The van der Waals surface area contributed by atoms with E-state index in [1.54, 1.807) is 18.2 Å². The molecular weight excluding hydrogens is 764 g/mol. The average molecular weight is 810 g/mol. The van der Waals surface area contributed by atoms with E-state index in [0.29, 0.717) is 36.0 Å². The Hall–Kier alpha value is -4.81. The van der Waals surface area contributed by atoms with Gasteiger partial charge in [0, 0.05) is 0 Å². The first-order valence-electron chi connectivity index (χ1n) is 18.0. The molecule has 0 bridgehead atoms. The largest absolute Gasteiger partial charge is 0.493 e. The second-order valence-corrected chi connectivity index (χ2v) is 13.6. The van der Waals surface area contributed by atoms with Crippen LogP contribution >= 0.6 is 15.9 Å². The molecule has 55 heavy (non-hydrogen) atoms. The van der Waals surface area contributed by atoms with Crippen molar-refractivity contribution in [3.8, 4) is 17.2 Å². The number of methoxy groups -OCH3 is 2. The van der Waals surface area contributed by atoms with Crippen LogP contribution in [-0.2, 0) is 54.9 Å². The highest BCUT2D eigenvalue weighted by Crippen LogP contribution is 2.42. The Labute approximate surface area is 330 Å². The molecule has 1 aliphatic rings. The van der Waals surface area contributed by atoms with Crippen LogP contribution in [0.4, 0.5) is 0 Å². The van der Waals surface area contributed by atoms with Gasteiger partial charge in [-0.15, -0.1) is 0 Å². The molecule has 5 aromatic rings. The van der Waals surface area contributed by atoms with Crippen molar-refractivity contribution < 1.29 is 42.7 Å². The van der Waals surface area contributed by atoms with Crippen LogP contribution in [0.25, 0.3) is 6.08 Å². The van der Waals surface area contributed by atoms with Crippen molar-refractivity contribution in [2.24, 2.45) is 0 Å². The average Bonchev–Trinajstić information content (AvgIpc) is 3.23. The van der Waals surface area contributed by atoms with Crippen molar-refractivity contribution in [3.63, 3.8) is 0 Å². The van der Waals surface area contributed by atoms with Gasteiger partial charge in [-0.25, -0.2) is 0 Å². The number of halogens is 1. The van der Waals surface area contributed by atoms with Crippen molar-refractivity contribution in [1.29, 1.82) is 0 Å². The van der Waals surface area contributed by atoms with Crippen LogP contribution in [0.15, 0.2) is 140 Å². The summed E-state index contributed by atoms with van der Waals surface area (Å²) in [5.74, 6) is 1.03. The number of carbonyl (C=O) groups is 1. The van der Waals surface area contributed by atoms with Crippen molar-refractivity contribution in [1.82, 2.24) is 0 Å². The Kier molecular flexibility index (Phi) is 15.0. The summed E-state index contributed by atoms with van der Waals surface area (Å²) in [5.41, 5.74) is 4.64. The molecule has 0 radical (unpaired) electrons. The standard InChI is InChI=1S/C45H45BrO9/c1-48-37-25-36(23-24-40(46)47)26-38(49-2)41(37)55-45-44(53-30-35-21-13-6-14-22-35)43(52-29-34-19-11-5-12-20-34)42(51-28-33-17-9-4-10-18-33)39(54-45)31-50-27-32-15-7-3-8-16-32/h3-26,39,42-45H,27-31H2,1-2H3/t39-,42+,43+,44-,45+/m1/s1. The van der Waals surface area contributed by atoms with Gasteiger partial charge in [-0.05, 0) is 62.0 Å². The molecule has 5 atom stereocenters. The van der Waals surface area contributed by atoms with Crippen molar-refractivity contribution in [2.75, 3.05) is 20.8 Å². The molecule has 1 saturated heterocycles. The van der Waals surface area contributed by atoms with Crippen LogP contribution in [0.3, 0.4) is 0 Å². The zero-order chi connectivity index (χ0) is 38.2. The molecule has 6 rings (SSSR count). The third kappa shape index (κ3) is 11.6. The molecule has 0 saturated carbocycles. The summed E-state index contributed by atoms with van der Waals surface area (Å²) in [6.45, 7) is 1.38. The van der Waals surface area contributed by atoms with E-state index in [1.165, 1.54) is 20.3 Å². The van der Waals surface area contributed by atoms with Gasteiger partial charge in [0.15, 0.2) is 11.5 Å². The highest BCUT2D eigenvalue weighted by Gasteiger charge is 2.50. The first-order chi connectivity index (χ1) is 27.0. The van der Waals surface area contributed by atoms with Gasteiger partial charge < -0.3 is 37.9 Å². The van der Waals surface area contributed by atoms with Gasteiger partial charge in [0.1, 0.15) is 24.4 Å². The normalized spacial score (nSPS) is 19.6. The minimum absolute atomic E-state index is 0.170. The highest BCUT2D eigenvalue weighted by molar-refractivity contribution is 9.18. The lowest BCUT2D eigenvalue weighted by atomic mass is 9.97. The smallest absolute Gasteiger partial charge is 0.229 e. The number of hydrogen-bond acceptors (Lipinski definition) is 9. The van der Waals surface area contributed by atoms with Crippen molar-refractivity contribution in [2.45, 2.75) is 57.1 Å². The van der Waals surface area contributed by atoms with Gasteiger partial charge in [-0.1, -0.05) is 127 Å². The number of rotatable bonds is 19. The molecule has 0 unspecified atom stereocenters. The Morgan fingerprint density at radius 2 is 1.05 bits per heavy atom. The van der Waals surface area contributed by atoms with E-state index in [4.69, 9.17) is 37.9 Å². The van der Waals surface area contributed by atoms with Crippen LogP contribution in [-0.4, -0.2) is 56.2 Å². The lowest BCUT2D eigenvalue weighted by Gasteiger charge is -2.45. The molecule has 0 N–H and O–H groups in total. The summed E-state index contributed by atoms with van der Waals surface area (Å²) < 4.78 is 51.7. The maximum Gasteiger partial charge on any atom is 0.229 e. The fraction of sp³-hybridized carbons (Fsp3) is 0.267. The minimum atomic E-state index is -1.04. The Morgan fingerprint density at radius 1 is 0.618 bits per heavy atom. The van der Waals surface area contributed by atoms with Gasteiger partial charge in [-0.3, -0.25) is 4.79 Å². The summed E-state index contributed by atoms with van der Waals surface area (Å²) in [6.07, 6.45) is -0.791. The second-order valence-electron chi connectivity index (χ2n) is 12.8. The molecule has 0 amide bonds. The van der Waals surface area contributed by atoms with Crippen molar-refractivity contribution >= 4 is 26.7 Å². The van der Waals surface area contributed by atoms with Gasteiger partial charge >= 0.3 is 0 Å². The maximum absolute atomic E-state index is 11.7. The van der Waals surface area contributed by atoms with E-state index >= 15 is 0 Å². The molecule has 10 heteroatoms. The summed E-state index contributed by atoms with van der Waals surface area (Å²) in [7, 11) is 3.07. The number of hydrogen-bond donors (Lipinski definition) is 0. The number of ether oxygens (including phenoxy) is 8. The van der Waals surface area contributed by atoms with Gasteiger partial charge in [0.2, 0.25) is 16.7 Å². The quantitative estimate of drug-likeness (QED) is 0.0601. The van der Waals surface area contributed by atoms with E-state index in [2.05, 4.69) is 15.9 Å². The zero-order valence-electron chi connectivity index (χ0n) is 30.8. The van der Waals surface area contributed by atoms with Crippen LogP contribution in [0.5, 0.6) is 17.2 Å². The number of benzene rings is 5. The SMILES string of the molecule is COc1cc(C=CC(=O)Br)cc(OC)c1O[C@@H]1O[C@H](COCc2ccccc2)[C@H](OCc2ccccc2)[C@H](OCc2ccccc2)[C@H]1OCc1ccccc1. The number of carbonyl (C=O) groups excluding carboxylic acids is 1. The van der Waals surface area contributed by atoms with E-state index in [-0.39, 0.29) is 24.5 Å². The fourth-order valence-electron chi connectivity index (χ4n) is 6.23. The van der Waals surface area contributed by atoms with E-state index < -0.39 is 30.7 Å². The zero-order valence-corrected chi connectivity index (χ0v) is 32.4. The molecule has 1 heterocycles. The summed E-state index contributed by atoms with van der Waals surface area (Å²) in [4.78, 5) is 11.7. The predicted octanol–water partition coefficient (Wildman–Crippen LogP) is 8.72. The molecule has 0 aliphatic carbocycles. The van der Waals surface area contributed by atoms with Crippen LogP contribution in [0, 0.1) is 0 Å². The van der Waals surface area contributed by atoms with Gasteiger partial charge in [0.05, 0.1) is 47.3 Å². The molecule has 0 aromatic heterocycles. The molecule has 9 nitrogen and oxygen atoms in total. The van der Waals surface area contributed by atoms with Crippen molar-refractivity contribution in [3.05, 3.63) is 167 Å². The lowest BCUT2D eigenvalue weighted by Crippen LogP contribution is -2.62. The van der Waals surface area contributed by atoms with Crippen LogP contribution < -0.4 is 14.2 Å². The monoisotopic (exact) mass is 808 g/mol. The first kappa shape index (κ1) is 39.9. The molecule has 0 spiro atoms. The first-order valence-corrected chi connectivity index (χ1v) is 18.8. The molecule has 1 aliphatic heterocycles. The third-order valence-electron chi connectivity index (χ3n) is 8.96. The Morgan fingerprint density at radius 3 is 1.51 bits per heavy atom. The van der Waals surface area contributed by atoms with E-state index in [0.717, 1.165) is 22.3 Å². The summed E-state index contributed by atoms with van der Waals surface area (Å²) in [6, 6.07) is 43.3. The van der Waals surface area contributed by atoms with Crippen LogP contribution in [0.2, 0.25) is 0 Å². The molecule has 5 aromatic carbocycles. The van der Waals surface area contributed by atoms with Gasteiger partial charge in [0.25, 0.3) is 0 Å². The summed E-state index contributed by atoms with van der Waals surface area (Å²) >= 11 is 2.94. The molecule has 1 fully saturated rings. The third-order valence-corrected chi connectivity index (χ3v) is 9.23. The van der Waals surface area contributed by atoms with Crippen LogP contribution in [0.1, 0.15) is 27.8 Å². The second kappa shape index (κ2) is 20.8. The Balaban J connectivity index is 1.39. The highest BCUT2D eigenvalue weighted by atomic mass is 79.9. The minimum Gasteiger partial charge on any atom is -0.493 e. The molecule has 286 valence electrons. The van der Waals surface area contributed by atoms with E-state index in [9.17, 15) is 4.79 Å². The predicted molar refractivity (Wildman–Crippen MR) is 213 cm³/mol. The lowest BCUT2D eigenvalue weighted by molar-refractivity contribution is -0.310. The molecular formula is C45H45BrO9. The Bertz CT molecular complexity index is 1900. The maximum atomic E-state index is 11.7. The van der Waals surface area contributed by atoms with E-state index in [1.807, 2.05) is 121 Å². The fourth-order valence-corrected chi connectivity index (χ4v) is 6.36. The number of allylic oxidation sites excluding steroid dienone is 1. The topological polar surface area (TPSA) is 90.9 Å². The summed E-state index contributed by atoms with van der Waals surface area (Å²) in [5, 5.41) is 0. The van der Waals surface area contributed by atoms with Gasteiger partial charge in [-0.2, -0.15) is 0 Å².